The molecular formula is C29H32N2O8. The molecule has 2 aromatic carbocycles. The molecule has 0 saturated heterocycles. The molecule has 1 aromatic heterocycles. The van der Waals surface area contributed by atoms with Gasteiger partial charge in [-0.25, -0.2) is 9.78 Å². The third-order valence-corrected chi connectivity index (χ3v) is 5.61. The van der Waals surface area contributed by atoms with Crippen molar-refractivity contribution in [2.45, 2.75) is 45.9 Å². The van der Waals surface area contributed by atoms with Gasteiger partial charge in [0.15, 0.2) is 23.3 Å². The van der Waals surface area contributed by atoms with E-state index >= 15 is 0 Å². The number of carbonyl (C=O) groups is 3. The first kappa shape index (κ1) is 29.0. The third kappa shape index (κ3) is 8.19. The van der Waals surface area contributed by atoms with Crippen LogP contribution in [0.1, 0.15) is 48.5 Å². The van der Waals surface area contributed by atoms with Gasteiger partial charge in [0.25, 0.3) is 5.91 Å². The van der Waals surface area contributed by atoms with Crippen molar-refractivity contribution in [2.75, 3.05) is 13.9 Å². The highest BCUT2D eigenvalue weighted by atomic mass is 16.7. The van der Waals surface area contributed by atoms with Crippen molar-refractivity contribution < 1.29 is 38.1 Å². The highest BCUT2D eigenvalue weighted by Gasteiger charge is 2.29. The van der Waals surface area contributed by atoms with Crippen molar-refractivity contribution in [3.8, 4) is 17.2 Å². The Balaban J connectivity index is 1.72. The Morgan fingerprint density at radius 3 is 2.31 bits per heavy atom. The molecule has 10 nitrogen and oxygen atoms in total. The second kappa shape index (κ2) is 13.8. The van der Waals surface area contributed by atoms with Crippen molar-refractivity contribution in [2.24, 2.45) is 0 Å². The number of rotatable bonds is 12. The average molecular weight is 537 g/mol. The van der Waals surface area contributed by atoms with Crippen molar-refractivity contribution in [1.82, 2.24) is 10.3 Å². The molecule has 0 saturated carbocycles. The largest absolute Gasteiger partial charge is 0.493 e. The number of methoxy groups -OCH3 is 1. The van der Waals surface area contributed by atoms with Gasteiger partial charge in [0.2, 0.25) is 6.79 Å². The Labute approximate surface area is 227 Å². The minimum absolute atomic E-state index is 0.0385. The number of aromatic nitrogens is 1. The summed E-state index contributed by atoms with van der Waals surface area (Å²) in [4.78, 5) is 41.1. The summed E-state index contributed by atoms with van der Waals surface area (Å²) in [5.41, 5.74) is 1.76. The lowest BCUT2D eigenvalue weighted by Crippen LogP contribution is -2.42. The predicted molar refractivity (Wildman–Crippen MR) is 142 cm³/mol. The maximum absolute atomic E-state index is 13.0. The molecule has 1 N–H and O–H groups in total. The molecule has 0 aliphatic heterocycles. The van der Waals surface area contributed by atoms with Crippen LogP contribution in [0, 0.1) is 6.92 Å². The first-order valence-corrected chi connectivity index (χ1v) is 12.3. The highest BCUT2D eigenvalue weighted by Crippen LogP contribution is 2.30. The number of benzene rings is 2. The molecule has 3 aromatic rings. The van der Waals surface area contributed by atoms with Crippen LogP contribution in [0.5, 0.6) is 17.2 Å². The Kier molecular flexibility index (Phi) is 10.3. The van der Waals surface area contributed by atoms with E-state index in [9.17, 15) is 14.4 Å². The molecule has 10 heteroatoms. The third-order valence-electron chi connectivity index (χ3n) is 5.61. The molecule has 3 rings (SSSR count). The van der Waals surface area contributed by atoms with Gasteiger partial charge in [-0.2, -0.15) is 0 Å². The van der Waals surface area contributed by atoms with Gasteiger partial charge in [0.1, 0.15) is 17.9 Å². The van der Waals surface area contributed by atoms with Gasteiger partial charge < -0.3 is 29.0 Å². The summed E-state index contributed by atoms with van der Waals surface area (Å²) in [6.45, 7) is 5.97. The number of amides is 1. The van der Waals surface area contributed by atoms with Crippen LogP contribution in [-0.4, -0.2) is 48.9 Å². The number of ether oxygens (including phenoxy) is 5. The minimum atomic E-state index is -1.04. The average Bonchev–Trinajstić information content (AvgIpc) is 2.92. The van der Waals surface area contributed by atoms with Gasteiger partial charge >= 0.3 is 11.9 Å². The first-order chi connectivity index (χ1) is 18.7. The summed E-state index contributed by atoms with van der Waals surface area (Å²) in [7, 11) is 1.39. The van der Waals surface area contributed by atoms with Crippen LogP contribution in [0.25, 0.3) is 0 Å². The number of para-hydroxylation sites is 1. The van der Waals surface area contributed by atoms with Crippen LogP contribution in [0.4, 0.5) is 0 Å². The number of hydrogen-bond donors (Lipinski definition) is 1. The second-order valence-electron chi connectivity index (χ2n) is 8.69. The van der Waals surface area contributed by atoms with E-state index < -0.39 is 42.9 Å². The summed E-state index contributed by atoms with van der Waals surface area (Å²) in [5.74, 6) is -1.16. The SMILES string of the molecule is COc1ccnc(C(=O)NC(C)C(=O)O[C@@H](C)[C@H](Oc2ccccc2)c2ccc(C)cc2)c1OCOC(C)=O. The number of nitrogens with zero attached hydrogens (tertiary/aromatic N) is 1. The lowest BCUT2D eigenvalue weighted by Gasteiger charge is -2.27. The second-order valence-corrected chi connectivity index (χ2v) is 8.69. The monoisotopic (exact) mass is 536 g/mol. The van der Waals surface area contributed by atoms with Gasteiger partial charge in [0.05, 0.1) is 7.11 Å². The number of nitrogens with one attached hydrogen (secondary N) is 1. The molecule has 1 amide bonds. The lowest BCUT2D eigenvalue weighted by molar-refractivity contribution is -0.155. The van der Waals surface area contributed by atoms with E-state index in [0.29, 0.717) is 5.75 Å². The van der Waals surface area contributed by atoms with E-state index in [-0.39, 0.29) is 17.2 Å². The number of carbonyl (C=O) groups excluding carboxylic acids is 3. The van der Waals surface area contributed by atoms with Gasteiger partial charge in [-0.15, -0.1) is 0 Å². The Bertz CT molecular complexity index is 1260. The smallest absolute Gasteiger partial charge is 0.328 e. The fourth-order valence-corrected chi connectivity index (χ4v) is 3.57. The quantitative estimate of drug-likeness (QED) is 0.268. The predicted octanol–water partition coefficient (Wildman–Crippen LogP) is 4.17. The van der Waals surface area contributed by atoms with E-state index in [1.165, 1.54) is 33.2 Å². The zero-order valence-corrected chi connectivity index (χ0v) is 22.5. The van der Waals surface area contributed by atoms with Crippen molar-refractivity contribution in [3.63, 3.8) is 0 Å². The van der Waals surface area contributed by atoms with Crippen LogP contribution >= 0.6 is 0 Å². The minimum Gasteiger partial charge on any atom is -0.493 e. The fourth-order valence-electron chi connectivity index (χ4n) is 3.57. The van der Waals surface area contributed by atoms with Crippen LogP contribution in [0.15, 0.2) is 66.9 Å². The van der Waals surface area contributed by atoms with Crippen molar-refractivity contribution in [1.29, 1.82) is 0 Å². The molecule has 1 heterocycles. The van der Waals surface area contributed by atoms with Crippen LogP contribution < -0.4 is 19.5 Å². The molecule has 0 spiro atoms. The summed E-state index contributed by atoms with van der Waals surface area (Å²) >= 11 is 0. The summed E-state index contributed by atoms with van der Waals surface area (Å²) in [6.07, 6.45) is 0.0587. The zero-order valence-electron chi connectivity index (χ0n) is 22.5. The lowest BCUT2D eigenvalue weighted by atomic mass is 10.0. The fraction of sp³-hybridized carbons (Fsp3) is 0.310. The number of aryl methyl sites for hydroxylation is 1. The molecule has 206 valence electrons. The van der Waals surface area contributed by atoms with Crippen LogP contribution in [-0.2, 0) is 19.1 Å². The molecular weight excluding hydrogens is 504 g/mol. The van der Waals surface area contributed by atoms with E-state index in [1.54, 1.807) is 6.92 Å². The normalized spacial score (nSPS) is 12.8. The Morgan fingerprint density at radius 2 is 1.67 bits per heavy atom. The number of esters is 2. The number of pyridine rings is 1. The maximum atomic E-state index is 13.0. The van der Waals surface area contributed by atoms with Gasteiger partial charge in [-0.3, -0.25) is 9.59 Å². The Morgan fingerprint density at radius 1 is 0.974 bits per heavy atom. The van der Waals surface area contributed by atoms with Gasteiger partial charge in [0, 0.05) is 19.2 Å². The standard InChI is InChI=1S/C29H32N2O8/c1-18-11-13-22(14-12-18)26(39-23-9-7-6-8-10-23)20(3)38-29(34)19(2)31-28(33)25-27(37-17-36-21(4)32)24(35-5)15-16-30-25/h6-16,19-20,26H,17H2,1-5H3,(H,31,33)/t19?,20-,26-/m0/s1. The molecule has 0 radical (unpaired) electrons. The van der Waals surface area contributed by atoms with Crippen LogP contribution in [0.3, 0.4) is 0 Å². The topological polar surface area (TPSA) is 122 Å². The van der Waals surface area contributed by atoms with E-state index in [2.05, 4.69) is 10.3 Å². The van der Waals surface area contributed by atoms with E-state index in [0.717, 1.165) is 11.1 Å². The van der Waals surface area contributed by atoms with Crippen molar-refractivity contribution >= 4 is 17.8 Å². The molecule has 0 fully saturated rings. The highest BCUT2D eigenvalue weighted by molar-refractivity contribution is 5.98. The summed E-state index contributed by atoms with van der Waals surface area (Å²) in [5, 5.41) is 2.57. The molecule has 39 heavy (non-hydrogen) atoms. The van der Waals surface area contributed by atoms with Gasteiger partial charge in [-0.1, -0.05) is 48.0 Å². The molecule has 0 bridgehead atoms. The van der Waals surface area contributed by atoms with Gasteiger partial charge in [-0.05, 0) is 38.5 Å². The summed E-state index contributed by atoms with van der Waals surface area (Å²) in [6, 6.07) is 17.4. The van der Waals surface area contributed by atoms with Crippen molar-refractivity contribution in [3.05, 3.63) is 83.7 Å². The zero-order chi connectivity index (χ0) is 28.4. The number of hydrogen-bond acceptors (Lipinski definition) is 9. The van der Waals surface area contributed by atoms with E-state index in [1.807, 2.05) is 61.5 Å². The maximum Gasteiger partial charge on any atom is 0.328 e. The molecule has 1 unspecified atom stereocenters. The molecule has 0 aliphatic rings. The molecule has 3 atom stereocenters. The molecule has 0 aliphatic carbocycles. The van der Waals surface area contributed by atoms with Crippen LogP contribution in [0.2, 0.25) is 0 Å². The first-order valence-electron chi connectivity index (χ1n) is 12.3. The summed E-state index contributed by atoms with van der Waals surface area (Å²) < 4.78 is 27.4. The Hall–Kier alpha value is -4.60. The van der Waals surface area contributed by atoms with E-state index in [4.69, 9.17) is 23.7 Å².